The minimum absolute atomic E-state index is 0.424. The summed E-state index contributed by atoms with van der Waals surface area (Å²) in [6.07, 6.45) is 8.30. The van der Waals surface area contributed by atoms with Crippen LogP contribution in [0.5, 0.6) is 11.5 Å². The van der Waals surface area contributed by atoms with E-state index in [2.05, 4.69) is 160 Å². The number of aryl methyl sites for hydroxylation is 1. The second kappa shape index (κ2) is 15.5. The first-order valence-corrected chi connectivity index (χ1v) is 20.3. The number of fused-ring (bicyclic) bond motifs is 3. The van der Waals surface area contributed by atoms with E-state index in [1.54, 1.807) is 16.7 Å². The number of pyridine rings is 1. The van der Waals surface area contributed by atoms with Gasteiger partial charge in [-0.1, -0.05) is 93.5 Å². The van der Waals surface area contributed by atoms with Gasteiger partial charge in [0.05, 0.1) is 22.9 Å². The van der Waals surface area contributed by atoms with Crippen LogP contribution in [0.1, 0.15) is 120 Å². The lowest BCUT2D eigenvalue weighted by atomic mass is 9.72. The Kier molecular flexibility index (Phi) is 10.8. The maximum Gasteiger partial charge on any atom is 0.137 e. The number of nitrogens with zero attached hydrogens (tertiary/aromatic N) is 4. The molecule has 5 nitrogen and oxygen atoms in total. The van der Waals surface area contributed by atoms with E-state index in [0.717, 1.165) is 46.9 Å². The minimum Gasteiger partial charge on any atom is -0.457 e. The van der Waals surface area contributed by atoms with Gasteiger partial charge in [-0.2, -0.15) is 5.10 Å². The zero-order chi connectivity index (χ0) is 39.1. The van der Waals surface area contributed by atoms with Crippen molar-refractivity contribution in [3.63, 3.8) is 0 Å². The molecule has 0 spiro atoms. The second-order valence-corrected chi connectivity index (χ2v) is 17.2. The highest BCUT2D eigenvalue weighted by atomic mass is 16.5. The van der Waals surface area contributed by atoms with Gasteiger partial charge in [0.1, 0.15) is 17.3 Å². The summed E-state index contributed by atoms with van der Waals surface area (Å²) in [5.74, 6) is 4.79. The van der Waals surface area contributed by atoms with E-state index in [9.17, 15) is 0 Å². The molecule has 0 atom stereocenters. The smallest absolute Gasteiger partial charge is 0.137 e. The number of ether oxygens (including phenoxy) is 1. The van der Waals surface area contributed by atoms with Crippen molar-refractivity contribution in [2.45, 2.75) is 107 Å². The third kappa shape index (κ3) is 7.46. The van der Waals surface area contributed by atoms with Crippen molar-refractivity contribution in [1.29, 1.82) is 0 Å². The van der Waals surface area contributed by atoms with Gasteiger partial charge in [0.2, 0.25) is 0 Å². The van der Waals surface area contributed by atoms with Crippen LogP contribution >= 0.6 is 0 Å². The van der Waals surface area contributed by atoms with Crippen LogP contribution in [0.15, 0.2) is 97.5 Å². The Labute approximate surface area is 328 Å². The van der Waals surface area contributed by atoms with Crippen LogP contribution in [-0.4, -0.2) is 19.3 Å². The Balaban J connectivity index is 1.31. The van der Waals surface area contributed by atoms with Crippen molar-refractivity contribution in [2.24, 2.45) is 11.8 Å². The fourth-order valence-corrected chi connectivity index (χ4v) is 8.77. The summed E-state index contributed by atoms with van der Waals surface area (Å²) in [5, 5.41) is 7.38. The molecule has 0 saturated carbocycles. The van der Waals surface area contributed by atoms with Crippen molar-refractivity contribution < 1.29 is 4.74 Å². The monoisotopic (exact) mass is 730 g/mol. The molecule has 0 aliphatic carbocycles. The maximum absolute atomic E-state index is 6.62. The first-order valence-electron chi connectivity index (χ1n) is 20.3. The average molecular weight is 731 g/mol. The molecule has 0 bridgehead atoms. The van der Waals surface area contributed by atoms with Crippen LogP contribution < -0.4 is 4.74 Å². The SMILES string of the molecule is Cc1ccnc(-n2c3ccccc3c3ccc(Oc4cccc(-n5cc(-c6c(CC(C)C)c(C(C)C)c(C(C)C)c(C(C)C)c6CC(C)C)cn5)c4)cc32)c1. The molecular weight excluding hydrogens is 673 g/mol. The van der Waals surface area contributed by atoms with Gasteiger partial charge >= 0.3 is 0 Å². The summed E-state index contributed by atoms with van der Waals surface area (Å²) in [6.45, 7) is 25.8. The maximum atomic E-state index is 6.62. The number of aromatic nitrogens is 4. The summed E-state index contributed by atoms with van der Waals surface area (Å²) in [6, 6.07) is 27.3. The van der Waals surface area contributed by atoms with Crippen LogP contribution in [0.2, 0.25) is 0 Å². The first-order chi connectivity index (χ1) is 26.3. The molecule has 55 heavy (non-hydrogen) atoms. The summed E-state index contributed by atoms with van der Waals surface area (Å²) in [4.78, 5) is 4.75. The van der Waals surface area contributed by atoms with Crippen LogP contribution in [-0.2, 0) is 12.8 Å². The fourth-order valence-electron chi connectivity index (χ4n) is 8.77. The van der Waals surface area contributed by atoms with E-state index < -0.39 is 0 Å². The van der Waals surface area contributed by atoms with Gasteiger partial charge in [0.25, 0.3) is 0 Å². The van der Waals surface area contributed by atoms with E-state index in [1.165, 1.54) is 38.6 Å². The predicted molar refractivity (Wildman–Crippen MR) is 232 cm³/mol. The number of hydrogen-bond acceptors (Lipinski definition) is 3. The van der Waals surface area contributed by atoms with Crippen LogP contribution in [0.3, 0.4) is 0 Å². The van der Waals surface area contributed by atoms with Gasteiger partial charge in [0, 0.05) is 40.9 Å². The van der Waals surface area contributed by atoms with Crippen molar-refractivity contribution in [1.82, 2.24) is 19.3 Å². The molecule has 0 saturated heterocycles. The summed E-state index contributed by atoms with van der Waals surface area (Å²) in [5.41, 5.74) is 14.6. The van der Waals surface area contributed by atoms with E-state index in [1.807, 2.05) is 23.0 Å². The van der Waals surface area contributed by atoms with E-state index in [4.69, 9.17) is 14.8 Å². The van der Waals surface area contributed by atoms with Gasteiger partial charge in [-0.15, -0.1) is 0 Å². The van der Waals surface area contributed by atoms with Gasteiger partial charge < -0.3 is 4.74 Å². The van der Waals surface area contributed by atoms with Gasteiger partial charge in [-0.05, 0) is 131 Å². The summed E-state index contributed by atoms with van der Waals surface area (Å²) >= 11 is 0. The number of para-hydroxylation sites is 1. The largest absolute Gasteiger partial charge is 0.457 e. The lowest BCUT2D eigenvalue weighted by Crippen LogP contribution is -2.17. The molecule has 7 aromatic rings. The van der Waals surface area contributed by atoms with Gasteiger partial charge in [-0.3, -0.25) is 4.57 Å². The third-order valence-electron chi connectivity index (χ3n) is 10.8. The zero-order valence-corrected chi connectivity index (χ0v) is 34.7. The number of rotatable bonds is 12. The molecule has 0 radical (unpaired) electrons. The Morgan fingerprint density at radius 1 is 0.618 bits per heavy atom. The Morgan fingerprint density at radius 2 is 1.25 bits per heavy atom. The lowest BCUT2D eigenvalue weighted by Gasteiger charge is -2.33. The highest BCUT2D eigenvalue weighted by Crippen LogP contribution is 2.46. The van der Waals surface area contributed by atoms with E-state index >= 15 is 0 Å². The summed E-state index contributed by atoms with van der Waals surface area (Å²) in [7, 11) is 0. The van der Waals surface area contributed by atoms with Crippen molar-refractivity contribution >= 4 is 21.8 Å². The molecule has 3 heterocycles. The molecule has 0 N–H and O–H groups in total. The summed E-state index contributed by atoms with van der Waals surface area (Å²) < 4.78 is 10.9. The third-order valence-corrected chi connectivity index (χ3v) is 10.8. The predicted octanol–water partition coefficient (Wildman–Crippen LogP) is 13.9. The molecule has 0 fully saturated rings. The van der Waals surface area contributed by atoms with Crippen molar-refractivity contribution in [3.05, 3.63) is 131 Å². The molecule has 7 rings (SSSR count). The second-order valence-electron chi connectivity index (χ2n) is 17.2. The highest BCUT2D eigenvalue weighted by molar-refractivity contribution is 6.09. The van der Waals surface area contributed by atoms with Gasteiger partial charge in [0.15, 0.2) is 0 Å². The van der Waals surface area contributed by atoms with Crippen LogP contribution in [0, 0.1) is 18.8 Å². The Morgan fingerprint density at radius 3 is 1.89 bits per heavy atom. The van der Waals surface area contributed by atoms with Crippen LogP contribution in [0.4, 0.5) is 0 Å². The number of benzene rings is 4. The van der Waals surface area contributed by atoms with E-state index in [-0.39, 0.29) is 0 Å². The first kappa shape index (κ1) is 38.1. The molecule has 0 unspecified atom stereocenters. The van der Waals surface area contributed by atoms with Gasteiger partial charge in [-0.25, -0.2) is 9.67 Å². The molecule has 4 aromatic carbocycles. The molecule has 0 aliphatic rings. The average Bonchev–Trinajstić information content (AvgIpc) is 3.74. The molecule has 5 heteroatoms. The molecule has 3 aromatic heterocycles. The Hall–Kier alpha value is -5.16. The Bertz CT molecular complexity index is 2430. The van der Waals surface area contributed by atoms with Crippen molar-refractivity contribution in [3.8, 4) is 34.1 Å². The molecule has 0 aliphatic heterocycles. The minimum atomic E-state index is 0.424. The highest BCUT2D eigenvalue weighted by Gasteiger charge is 2.29. The molecule has 284 valence electrons. The standard InChI is InChI=1S/C50H58N4O/c1-30(2)23-42-47(32(5)6)49(34(9)10)48(33(7)8)43(24-31(3)4)50(42)36-28-52-53(29-36)37-15-14-16-38(26-37)55-39-19-20-41-40-17-12-13-18-44(40)54(45(41)27-39)46-25-35(11)21-22-51-46/h12-22,25-34H,23-24H2,1-11H3. The lowest BCUT2D eigenvalue weighted by molar-refractivity contribution is 0.483. The van der Waals surface area contributed by atoms with Crippen molar-refractivity contribution in [2.75, 3.05) is 0 Å². The number of hydrogen-bond donors (Lipinski definition) is 0. The zero-order valence-electron chi connectivity index (χ0n) is 34.7. The van der Waals surface area contributed by atoms with E-state index in [0.29, 0.717) is 29.6 Å². The molecular formula is C50H58N4O. The quantitative estimate of drug-likeness (QED) is 0.126. The molecule has 0 amide bonds. The normalized spacial score (nSPS) is 12.1. The topological polar surface area (TPSA) is 44.9 Å². The van der Waals surface area contributed by atoms with Crippen LogP contribution in [0.25, 0.3) is 44.4 Å². The fraction of sp³-hybridized carbons (Fsp3) is 0.360.